The molecule has 162 valence electrons. The number of ether oxygens (including phenoxy) is 1. The van der Waals surface area contributed by atoms with Gasteiger partial charge in [0.15, 0.2) is 10.8 Å². The predicted octanol–water partition coefficient (Wildman–Crippen LogP) is 3.38. The number of nitrogens with one attached hydrogen (secondary N) is 1. The minimum Gasteiger partial charge on any atom is -0.497 e. The van der Waals surface area contributed by atoms with Crippen LogP contribution in [0.25, 0.3) is 22.4 Å². The molecule has 1 aliphatic heterocycles. The Morgan fingerprint density at radius 1 is 1.16 bits per heavy atom. The van der Waals surface area contributed by atoms with Crippen molar-refractivity contribution in [3.05, 3.63) is 30.6 Å². The van der Waals surface area contributed by atoms with E-state index in [1.54, 1.807) is 13.4 Å². The molecule has 0 radical (unpaired) electrons. The number of amidine groups is 1. The highest BCUT2D eigenvalue weighted by Gasteiger charge is 2.23. The van der Waals surface area contributed by atoms with Crippen molar-refractivity contribution >= 4 is 34.0 Å². The van der Waals surface area contributed by atoms with Gasteiger partial charge in [0, 0.05) is 31.7 Å². The number of benzene rings is 1. The SMILES string of the molecule is CC.COc1ccc(-c2nc(N3CCN(C(=NC#N)SC)CC3)nc3nc[nH]c23)cc1. The number of methoxy groups -OCH3 is 1. The van der Waals surface area contributed by atoms with Gasteiger partial charge in [-0.1, -0.05) is 25.6 Å². The van der Waals surface area contributed by atoms with Crippen molar-refractivity contribution in [2.75, 3.05) is 44.4 Å². The van der Waals surface area contributed by atoms with Gasteiger partial charge >= 0.3 is 0 Å². The lowest BCUT2D eigenvalue weighted by Gasteiger charge is -2.35. The van der Waals surface area contributed by atoms with Crippen LogP contribution in [0.4, 0.5) is 5.95 Å². The second-order valence-corrected chi connectivity index (χ2v) is 7.15. The van der Waals surface area contributed by atoms with Gasteiger partial charge in [0.2, 0.25) is 12.1 Å². The van der Waals surface area contributed by atoms with E-state index in [9.17, 15) is 0 Å². The standard InChI is InChI=1S/C19H20N8OS.C2H6/c1-28-14-5-3-13(4-6-14)15-16-17(23-12-22-16)25-18(24-15)26-7-9-27(10-8-26)19(29-2)21-11-20;1-2/h3-6,12H,7-10H2,1-2H3,(H,22,23,24,25);1-2H3. The summed E-state index contributed by atoms with van der Waals surface area (Å²) in [6.07, 6.45) is 5.44. The van der Waals surface area contributed by atoms with Crippen LogP contribution in [0.2, 0.25) is 0 Å². The van der Waals surface area contributed by atoms with Crippen molar-refractivity contribution in [3.63, 3.8) is 0 Å². The number of aliphatic imine (C=N–C) groups is 1. The van der Waals surface area contributed by atoms with E-state index in [0.717, 1.165) is 53.9 Å². The molecule has 4 rings (SSSR count). The third-order valence-corrected chi connectivity index (χ3v) is 5.51. The molecule has 0 unspecified atom stereocenters. The fourth-order valence-electron chi connectivity index (χ4n) is 3.31. The molecule has 1 saturated heterocycles. The smallest absolute Gasteiger partial charge is 0.228 e. The minimum absolute atomic E-state index is 0.638. The molecule has 0 spiro atoms. The molecule has 1 aromatic carbocycles. The zero-order valence-electron chi connectivity index (χ0n) is 18.2. The van der Waals surface area contributed by atoms with Crippen LogP contribution in [0.15, 0.2) is 35.6 Å². The number of fused-ring (bicyclic) bond motifs is 1. The van der Waals surface area contributed by atoms with Gasteiger partial charge < -0.3 is 19.5 Å². The van der Waals surface area contributed by atoms with Crippen LogP contribution in [0.5, 0.6) is 5.75 Å². The molecule has 0 bridgehead atoms. The summed E-state index contributed by atoms with van der Waals surface area (Å²) in [5, 5.41) is 9.60. The number of imidazole rings is 1. The number of H-pyrrole nitrogens is 1. The molecule has 3 aromatic rings. The number of aromatic amines is 1. The summed E-state index contributed by atoms with van der Waals surface area (Å²) in [6, 6.07) is 7.78. The Morgan fingerprint density at radius 3 is 2.48 bits per heavy atom. The highest BCUT2D eigenvalue weighted by molar-refractivity contribution is 8.13. The fourth-order valence-corrected chi connectivity index (χ4v) is 3.88. The van der Waals surface area contributed by atoms with Crippen molar-refractivity contribution in [2.45, 2.75) is 13.8 Å². The molecule has 0 aliphatic carbocycles. The number of nitriles is 1. The highest BCUT2D eigenvalue weighted by atomic mass is 32.2. The first-order chi connectivity index (χ1) is 15.2. The van der Waals surface area contributed by atoms with Gasteiger partial charge in [0.25, 0.3) is 0 Å². The van der Waals surface area contributed by atoms with E-state index in [1.165, 1.54) is 11.8 Å². The maximum absolute atomic E-state index is 8.85. The Kier molecular flexibility index (Phi) is 7.67. The molecule has 31 heavy (non-hydrogen) atoms. The van der Waals surface area contributed by atoms with Crippen LogP contribution in [-0.2, 0) is 0 Å². The molecule has 0 amide bonds. The van der Waals surface area contributed by atoms with Gasteiger partial charge in [0.05, 0.1) is 13.4 Å². The van der Waals surface area contributed by atoms with Crippen LogP contribution in [0.1, 0.15) is 13.8 Å². The molecule has 3 heterocycles. The first kappa shape index (κ1) is 22.4. The lowest BCUT2D eigenvalue weighted by molar-refractivity contribution is 0.390. The Hall–Kier alpha value is -3.32. The van der Waals surface area contributed by atoms with Crippen molar-refractivity contribution in [2.24, 2.45) is 4.99 Å². The molecule has 2 aromatic heterocycles. The molecule has 1 fully saturated rings. The van der Waals surface area contributed by atoms with Crippen molar-refractivity contribution in [1.82, 2.24) is 24.8 Å². The molecule has 1 N–H and O–H groups in total. The minimum atomic E-state index is 0.638. The summed E-state index contributed by atoms with van der Waals surface area (Å²) >= 11 is 1.48. The summed E-state index contributed by atoms with van der Waals surface area (Å²) in [5.41, 5.74) is 3.22. The number of anilines is 1. The van der Waals surface area contributed by atoms with Gasteiger partial charge in [0.1, 0.15) is 17.0 Å². The third-order valence-electron chi connectivity index (χ3n) is 4.80. The first-order valence-electron chi connectivity index (χ1n) is 10.1. The first-order valence-corrected chi connectivity index (χ1v) is 11.3. The number of piperazine rings is 1. The normalized spacial score (nSPS) is 14.1. The molecular formula is C21H26N8OS. The molecule has 1 aliphatic rings. The Balaban J connectivity index is 0.00000132. The van der Waals surface area contributed by atoms with Gasteiger partial charge in [-0.05, 0) is 30.5 Å². The monoisotopic (exact) mass is 438 g/mol. The number of hydrogen-bond acceptors (Lipinski definition) is 8. The lowest BCUT2D eigenvalue weighted by Crippen LogP contribution is -2.48. The summed E-state index contributed by atoms with van der Waals surface area (Å²) in [4.78, 5) is 25.1. The molecule has 10 heteroatoms. The second kappa shape index (κ2) is 10.6. The van der Waals surface area contributed by atoms with Crippen molar-refractivity contribution in [3.8, 4) is 23.2 Å². The van der Waals surface area contributed by atoms with E-state index in [0.29, 0.717) is 11.6 Å². The molecule has 0 saturated carbocycles. The predicted molar refractivity (Wildman–Crippen MR) is 125 cm³/mol. The number of aromatic nitrogens is 4. The number of hydrogen-bond donors (Lipinski definition) is 1. The fraction of sp³-hybridized carbons (Fsp3) is 0.381. The summed E-state index contributed by atoms with van der Waals surface area (Å²) in [7, 11) is 1.65. The summed E-state index contributed by atoms with van der Waals surface area (Å²) in [6.45, 7) is 6.98. The van der Waals surface area contributed by atoms with Gasteiger partial charge in [-0.3, -0.25) is 0 Å². The van der Waals surface area contributed by atoms with Crippen LogP contribution in [0.3, 0.4) is 0 Å². The largest absolute Gasteiger partial charge is 0.497 e. The van der Waals surface area contributed by atoms with Crippen molar-refractivity contribution in [1.29, 1.82) is 5.26 Å². The second-order valence-electron chi connectivity index (χ2n) is 6.37. The quantitative estimate of drug-likeness (QED) is 0.377. The number of rotatable bonds is 3. The average molecular weight is 439 g/mol. The zero-order valence-corrected chi connectivity index (χ0v) is 19.0. The zero-order chi connectivity index (χ0) is 22.2. The maximum atomic E-state index is 8.85. The topological polar surface area (TPSA) is 106 Å². The lowest BCUT2D eigenvalue weighted by atomic mass is 10.1. The van der Waals surface area contributed by atoms with Crippen LogP contribution >= 0.6 is 11.8 Å². The molecule has 9 nitrogen and oxygen atoms in total. The van der Waals surface area contributed by atoms with E-state index in [2.05, 4.69) is 29.7 Å². The Morgan fingerprint density at radius 2 is 1.87 bits per heavy atom. The van der Waals surface area contributed by atoms with Gasteiger partial charge in [-0.2, -0.15) is 10.2 Å². The van der Waals surface area contributed by atoms with Gasteiger partial charge in [-0.15, -0.1) is 4.99 Å². The summed E-state index contributed by atoms with van der Waals surface area (Å²) in [5.74, 6) is 1.45. The van der Waals surface area contributed by atoms with Crippen LogP contribution in [-0.4, -0.2) is 69.5 Å². The van der Waals surface area contributed by atoms with E-state index in [4.69, 9.17) is 15.0 Å². The Labute approximate surface area is 186 Å². The average Bonchev–Trinajstić information content (AvgIpc) is 3.32. The van der Waals surface area contributed by atoms with Gasteiger partial charge in [-0.25, -0.2) is 9.97 Å². The van der Waals surface area contributed by atoms with E-state index >= 15 is 0 Å². The van der Waals surface area contributed by atoms with Crippen molar-refractivity contribution < 1.29 is 4.74 Å². The number of thioether (sulfide) groups is 1. The maximum Gasteiger partial charge on any atom is 0.228 e. The van der Waals surface area contributed by atoms with E-state index in [1.807, 2.05) is 50.6 Å². The molecular weight excluding hydrogens is 412 g/mol. The van der Waals surface area contributed by atoms with E-state index < -0.39 is 0 Å². The van der Waals surface area contributed by atoms with E-state index in [-0.39, 0.29) is 0 Å². The summed E-state index contributed by atoms with van der Waals surface area (Å²) < 4.78 is 5.26. The van der Waals surface area contributed by atoms with Crippen LogP contribution < -0.4 is 9.64 Å². The Bertz CT molecular complexity index is 1070. The highest BCUT2D eigenvalue weighted by Crippen LogP contribution is 2.28. The van der Waals surface area contributed by atoms with Crippen LogP contribution in [0, 0.1) is 11.5 Å². The number of nitrogens with zero attached hydrogens (tertiary/aromatic N) is 7. The molecule has 0 atom stereocenters. The third kappa shape index (κ3) is 4.88.